The van der Waals surface area contributed by atoms with Gasteiger partial charge in [-0.2, -0.15) is 0 Å². The van der Waals surface area contributed by atoms with Gasteiger partial charge in [-0.1, -0.05) is 13.8 Å². The summed E-state index contributed by atoms with van der Waals surface area (Å²) >= 11 is 0. The van der Waals surface area contributed by atoms with E-state index in [2.05, 4.69) is 5.32 Å². The van der Waals surface area contributed by atoms with Crippen LogP contribution in [0.2, 0.25) is 0 Å². The molecule has 0 aliphatic heterocycles. The number of hydrogen-bond donors (Lipinski definition) is 2. The molecule has 0 saturated heterocycles. The highest BCUT2D eigenvalue weighted by Crippen LogP contribution is 2.23. The van der Waals surface area contributed by atoms with E-state index in [-0.39, 0.29) is 11.9 Å². The van der Waals surface area contributed by atoms with Crippen LogP contribution in [0.15, 0.2) is 0 Å². The van der Waals surface area contributed by atoms with Crippen LogP contribution < -0.4 is 11.1 Å². The van der Waals surface area contributed by atoms with Gasteiger partial charge in [0.15, 0.2) is 0 Å². The van der Waals surface area contributed by atoms with Crippen LogP contribution in [0.5, 0.6) is 0 Å². The number of rotatable bonds is 6. The van der Waals surface area contributed by atoms with Crippen molar-refractivity contribution in [2.45, 2.75) is 58.2 Å². The van der Waals surface area contributed by atoms with E-state index in [1.54, 1.807) is 0 Å². The average molecular weight is 228 g/mol. The lowest BCUT2D eigenvalue weighted by molar-refractivity contribution is -0.124. The average Bonchev–Trinajstić information content (AvgIpc) is 2.14. The zero-order valence-electron chi connectivity index (χ0n) is 10.5. The third-order valence-corrected chi connectivity index (χ3v) is 3.14. The number of hydrogen-bond acceptors (Lipinski definition) is 3. The van der Waals surface area contributed by atoms with Crippen LogP contribution in [-0.4, -0.2) is 30.7 Å². The van der Waals surface area contributed by atoms with Crippen molar-refractivity contribution >= 4 is 5.91 Å². The van der Waals surface area contributed by atoms with Crippen molar-refractivity contribution in [2.75, 3.05) is 6.61 Å². The van der Waals surface area contributed by atoms with Crippen LogP contribution in [0.25, 0.3) is 0 Å². The van der Waals surface area contributed by atoms with Crippen LogP contribution in [0.4, 0.5) is 0 Å². The molecule has 0 bridgehead atoms. The van der Waals surface area contributed by atoms with Gasteiger partial charge in [0.1, 0.15) is 0 Å². The third-order valence-electron chi connectivity index (χ3n) is 3.14. The molecule has 0 spiro atoms. The van der Waals surface area contributed by atoms with Crippen molar-refractivity contribution in [1.29, 1.82) is 0 Å². The Labute approximate surface area is 97.9 Å². The number of carbonyl (C=O) groups is 1. The predicted octanol–water partition coefficient (Wildman–Crippen LogP) is 1.04. The summed E-state index contributed by atoms with van der Waals surface area (Å²) in [5, 5.41) is 2.99. The maximum absolute atomic E-state index is 11.6. The Morgan fingerprint density at radius 2 is 2.12 bits per heavy atom. The van der Waals surface area contributed by atoms with E-state index in [1.165, 1.54) is 0 Å². The first-order valence-corrected chi connectivity index (χ1v) is 6.19. The molecule has 1 atom stereocenters. The van der Waals surface area contributed by atoms with E-state index in [9.17, 15) is 4.79 Å². The van der Waals surface area contributed by atoms with Gasteiger partial charge in [0, 0.05) is 25.1 Å². The molecule has 0 radical (unpaired) electrons. The van der Waals surface area contributed by atoms with Crippen LogP contribution in [0.3, 0.4) is 0 Å². The van der Waals surface area contributed by atoms with E-state index in [1.807, 2.05) is 20.8 Å². The van der Waals surface area contributed by atoms with Crippen molar-refractivity contribution in [2.24, 2.45) is 11.7 Å². The molecule has 16 heavy (non-hydrogen) atoms. The molecule has 0 aromatic heterocycles. The molecule has 4 nitrogen and oxygen atoms in total. The molecule has 1 unspecified atom stereocenters. The summed E-state index contributed by atoms with van der Waals surface area (Å²) in [4.78, 5) is 11.6. The Hall–Kier alpha value is -0.610. The minimum atomic E-state index is -0.0391. The second-order valence-corrected chi connectivity index (χ2v) is 4.93. The normalized spacial score (nSPS) is 26.3. The summed E-state index contributed by atoms with van der Waals surface area (Å²) in [6.07, 6.45) is 2.65. The van der Waals surface area contributed by atoms with Gasteiger partial charge in [-0.05, 0) is 25.7 Å². The summed E-state index contributed by atoms with van der Waals surface area (Å²) in [6, 6.07) is 0.256. The first-order chi connectivity index (χ1) is 7.52. The molecule has 0 aromatic carbocycles. The minimum Gasteiger partial charge on any atom is -0.378 e. The first kappa shape index (κ1) is 13.5. The lowest BCUT2D eigenvalue weighted by atomic mass is 9.89. The van der Waals surface area contributed by atoms with Crippen molar-refractivity contribution in [3.05, 3.63) is 0 Å². The minimum absolute atomic E-state index is 0.0391. The Bertz CT molecular complexity index is 225. The Balaban J connectivity index is 2.12. The quantitative estimate of drug-likeness (QED) is 0.714. The monoisotopic (exact) mass is 228 g/mol. The van der Waals surface area contributed by atoms with Crippen molar-refractivity contribution in [3.63, 3.8) is 0 Å². The Morgan fingerprint density at radius 1 is 1.50 bits per heavy atom. The zero-order valence-corrected chi connectivity index (χ0v) is 10.5. The summed E-state index contributed by atoms with van der Waals surface area (Å²) in [6.45, 7) is 6.82. The van der Waals surface area contributed by atoms with Crippen molar-refractivity contribution in [1.82, 2.24) is 5.32 Å². The molecule has 1 aliphatic rings. The largest absolute Gasteiger partial charge is 0.378 e. The smallest absolute Gasteiger partial charge is 0.221 e. The lowest BCUT2D eigenvalue weighted by Gasteiger charge is -2.35. The molecule has 1 rings (SSSR count). The third kappa shape index (κ3) is 4.10. The van der Waals surface area contributed by atoms with Gasteiger partial charge in [-0.3, -0.25) is 4.79 Å². The topological polar surface area (TPSA) is 64.3 Å². The van der Waals surface area contributed by atoms with Crippen LogP contribution in [-0.2, 0) is 9.53 Å². The van der Waals surface area contributed by atoms with Crippen molar-refractivity contribution < 1.29 is 9.53 Å². The Morgan fingerprint density at radius 3 is 2.62 bits per heavy atom. The van der Waals surface area contributed by atoms with Gasteiger partial charge in [-0.25, -0.2) is 0 Å². The number of ether oxygens (including phenoxy) is 1. The fraction of sp³-hybridized carbons (Fsp3) is 0.917. The van der Waals surface area contributed by atoms with Crippen molar-refractivity contribution in [3.8, 4) is 0 Å². The molecular weight excluding hydrogens is 204 g/mol. The van der Waals surface area contributed by atoms with Crippen LogP contribution in [0, 0.1) is 5.92 Å². The highest BCUT2D eigenvalue weighted by atomic mass is 16.5. The summed E-state index contributed by atoms with van der Waals surface area (Å²) in [7, 11) is 0. The standard InChI is InChI=1S/C12H24N2O2/c1-4-16-10-5-9(6-10)14-12(15)7-11(13)8(2)3/h8-11H,4-7,13H2,1-3H3,(H,14,15). The second kappa shape index (κ2) is 6.21. The number of carbonyl (C=O) groups excluding carboxylic acids is 1. The predicted molar refractivity (Wildman–Crippen MR) is 64.0 cm³/mol. The first-order valence-electron chi connectivity index (χ1n) is 6.19. The molecule has 3 N–H and O–H groups in total. The summed E-state index contributed by atoms with van der Waals surface area (Å²) in [5.41, 5.74) is 5.84. The molecule has 94 valence electrons. The summed E-state index contributed by atoms with van der Waals surface area (Å²) in [5.74, 6) is 0.421. The maximum Gasteiger partial charge on any atom is 0.221 e. The lowest BCUT2D eigenvalue weighted by Crippen LogP contribution is -2.49. The van der Waals surface area contributed by atoms with E-state index >= 15 is 0 Å². The number of nitrogens with two attached hydrogens (primary N) is 1. The van der Waals surface area contributed by atoms with E-state index < -0.39 is 0 Å². The molecule has 1 amide bonds. The van der Waals surface area contributed by atoms with Crippen LogP contribution in [0.1, 0.15) is 40.0 Å². The van der Waals surface area contributed by atoms with Gasteiger partial charge in [0.05, 0.1) is 6.10 Å². The molecular formula is C12H24N2O2. The van der Waals surface area contributed by atoms with Gasteiger partial charge in [0.25, 0.3) is 0 Å². The highest BCUT2D eigenvalue weighted by Gasteiger charge is 2.30. The molecule has 0 aromatic rings. The van der Waals surface area contributed by atoms with Gasteiger partial charge >= 0.3 is 0 Å². The molecule has 4 heteroatoms. The number of amides is 1. The zero-order chi connectivity index (χ0) is 12.1. The molecule has 1 fully saturated rings. The molecule has 1 saturated carbocycles. The van der Waals surface area contributed by atoms with Gasteiger partial charge < -0.3 is 15.8 Å². The fourth-order valence-corrected chi connectivity index (χ4v) is 1.79. The maximum atomic E-state index is 11.6. The van der Waals surface area contributed by atoms with E-state index in [0.717, 1.165) is 19.4 Å². The van der Waals surface area contributed by atoms with Crippen LogP contribution >= 0.6 is 0 Å². The molecule has 1 aliphatic carbocycles. The second-order valence-electron chi connectivity index (χ2n) is 4.93. The summed E-state index contributed by atoms with van der Waals surface area (Å²) < 4.78 is 5.43. The van der Waals surface area contributed by atoms with Gasteiger partial charge in [-0.15, -0.1) is 0 Å². The SMILES string of the molecule is CCOC1CC(NC(=O)CC(N)C(C)C)C1. The fourth-order valence-electron chi connectivity index (χ4n) is 1.79. The van der Waals surface area contributed by atoms with E-state index in [0.29, 0.717) is 24.5 Å². The van der Waals surface area contributed by atoms with E-state index in [4.69, 9.17) is 10.5 Å². The van der Waals surface area contributed by atoms with Gasteiger partial charge in [0.2, 0.25) is 5.91 Å². The molecule has 0 heterocycles. The number of nitrogens with one attached hydrogen (secondary N) is 1. The Kier molecular flexibility index (Phi) is 5.22. The highest BCUT2D eigenvalue weighted by molar-refractivity contribution is 5.77.